The molecular weight excluding hydrogens is 604 g/mol. The first-order valence-electron chi connectivity index (χ1n) is 14.7. The number of benzene rings is 4. The highest BCUT2D eigenvalue weighted by Crippen LogP contribution is 2.30. The Morgan fingerprint density at radius 1 is 0.422 bits per heavy atom. The Kier molecular flexibility index (Phi) is 11.5. The summed E-state index contributed by atoms with van der Waals surface area (Å²) in [7, 11) is 0. The zero-order valence-corrected chi connectivity index (χ0v) is 24.3. The van der Waals surface area contributed by atoms with Crippen LogP contribution in [0.25, 0.3) is 22.3 Å². The van der Waals surface area contributed by atoms with Gasteiger partial charge in [0.2, 0.25) is 0 Å². The van der Waals surface area contributed by atoms with E-state index in [1.807, 2.05) is 12.1 Å². The molecule has 0 aromatic heterocycles. The fourth-order valence-electron chi connectivity index (χ4n) is 5.11. The third-order valence-electron chi connectivity index (χ3n) is 7.30. The predicted molar refractivity (Wildman–Crippen MR) is 157 cm³/mol. The van der Waals surface area contributed by atoms with Gasteiger partial charge in [0, 0.05) is 11.1 Å². The lowest BCUT2D eigenvalue weighted by Crippen LogP contribution is -2.16. The fraction of sp³-hybridized carbons (Fsp3) is 0.314. The topological polar surface area (TPSA) is 18.5 Å². The molecule has 0 aliphatic rings. The van der Waals surface area contributed by atoms with E-state index in [4.69, 9.17) is 0 Å². The molecule has 0 atom stereocenters. The number of hydrogen-bond acceptors (Lipinski definition) is 2. The van der Waals surface area contributed by atoms with E-state index in [0.717, 1.165) is 93.2 Å². The SMILES string of the molecule is Fc1cc(CCCCCCCCCc2ccc(-c3ccc(OC(F)(F)F)cc3)c(F)c2)ccc1-c1ccc(OC(F)(F)F)cc1. The van der Waals surface area contributed by atoms with Gasteiger partial charge in [-0.1, -0.05) is 80.6 Å². The summed E-state index contributed by atoms with van der Waals surface area (Å²) in [6, 6.07) is 20.0. The number of ether oxygens (including phenoxy) is 2. The third-order valence-corrected chi connectivity index (χ3v) is 7.30. The van der Waals surface area contributed by atoms with Crippen LogP contribution in [0, 0.1) is 11.6 Å². The number of alkyl halides is 6. The van der Waals surface area contributed by atoms with E-state index in [1.54, 1.807) is 12.1 Å². The van der Waals surface area contributed by atoms with Crippen LogP contribution in [0.5, 0.6) is 11.5 Å². The Morgan fingerprint density at radius 2 is 0.756 bits per heavy atom. The molecular formula is C35H32F8O2. The molecule has 240 valence electrons. The summed E-state index contributed by atoms with van der Waals surface area (Å²) in [6.07, 6.45) is -1.15. The molecule has 45 heavy (non-hydrogen) atoms. The van der Waals surface area contributed by atoms with E-state index in [9.17, 15) is 35.1 Å². The summed E-state index contributed by atoms with van der Waals surface area (Å²) < 4.78 is 111. The van der Waals surface area contributed by atoms with Crippen molar-refractivity contribution >= 4 is 0 Å². The number of unbranched alkanes of at least 4 members (excludes halogenated alkanes) is 6. The summed E-state index contributed by atoms with van der Waals surface area (Å²) in [4.78, 5) is 0. The molecule has 4 aromatic carbocycles. The standard InChI is InChI=1S/C35H32F8O2/c36-32-22-24(10-20-30(32)26-12-16-28(17-13-26)44-34(38,39)40)8-6-4-2-1-3-5-7-9-25-11-21-31(33(37)23-25)27-14-18-29(19-15-27)45-35(41,42)43/h10-23H,1-9H2. The van der Waals surface area contributed by atoms with Gasteiger partial charge in [-0.3, -0.25) is 0 Å². The minimum absolute atomic E-state index is 0.309. The Morgan fingerprint density at radius 3 is 1.07 bits per heavy atom. The van der Waals surface area contributed by atoms with E-state index in [0.29, 0.717) is 22.3 Å². The molecule has 10 heteroatoms. The maximum Gasteiger partial charge on any atom is 0.573 e. The first kappa shape index (κ1) is 33.8. The van der Waals surface area contributed by atoms with Gasteiger partial charge in [0.1, 0.15) is 23.1 Å². The van der Waals surface area contributed by atoms with Crippen molar-refractivity contribution in [1.29, 1.82) is 0 Å². The molecule has 2 nitrogen and oxygen atoms in total. The van der Waals surface area contributed by atoms with Crippen molar-refractivity contribution in [2.75, 3.05) is 0 Å². The molecule has 0 N–H and O–H groups in total. The van der Waals surface area contributed by atoms with Crippen molar-refractivity contribution in [1.82, 2.24) is 0 Å². The molecule has 0 saturated heterocycles. The Balaban J connectivity index is 1.11. The van der Waals surface area contributed by atoms with E-state index < -0.39 is 24.4 Å². The lowest BCUT2D eigenvalue weighted by atomic mass is 9.99. The molecule has 0 spiro atoms. The smallest absolute Gasteiger partial charge is 0.406 e. The van der Waals surface area contributed by atoms with Crippen molar-refractivity contribution in [3.05, 3.63) is 108 Å². The highest BCUT2D eigenvalue weighted by molar-refractivity contribution is 5.66. The summed E-state index contributed by atoms with van der Waals surface area (Å²) >= 11 is 0. The Bertz CT molecular complexity index is 1400. The maximum atomic E-state index is 14.7. The van der Waals surface area contributed by atoms with Gasteiger partial charge in [0.25, 0.3) is 0 Å². The molecule has 0 aliphatic carbocycles. The lowest BCUT2D eigenvalue weighted by Gasteiger charge is -2.10. The second kappa shape index (κ2) is 15.3. The zero-order valence-electron chi connectivity index (χ0n) is 24.3. The summed E-state index contributed by atoms with van der Waals surface area (Å²) in [5, 5.41) is 0. The molecule has 0 saturated carbocycles. The van der Waals surface area contributed by atoms with Crippen LogP contribution >= 0.6 is 0 Å². The van der Waals surface area contributed by atoms with Crippen LogP contribution in [-0.2, 0) is 12.8 Å². The van der Waals surface area contributed by atoms with E-state index >= 15 is 0 Å². The van der Waals surface area contributed by atoms with Gasteiger partial charge >= 0.3 is 12.7 Å². The molecule has 0 heterocycles. The quantitative estimate of drug-likeness (QED) is 0.101. The fourth-order valence-corrected chi connectivity index (χ4v) is 5.11. The average molecular weight is 637 g/mol. The monoisotopic (exact) mass is 636 g/mol. The normalized spacial score (nSPS) is 11.9. The minimum atomic E-state index is -4.78. The van der Waals surface area contributed by atoms with Crippen LogP contribution in [0.4, 0.5) is 35.1 Å². The molecule has 0 bridgehead atoms. The van der Waals surface area contributed by atoms with Gasteiger partial charge in [0.15, 0.2) is 0 Å². The van der Waals surface area contributed by atoms with Gasteiger partial charge < -0.3 is 9.47 Å². The van der Waals surface area contributed by atoms with Crippen molar-refractivity contribution in [3.8, 4) is 33.8 Å². The molecule has 0 amide bonds. The first-order valence-corrected chi connectivity index (χ1v) is 14.7. The third kappa shape index (κ3) is 11.1. The summed E-state index contributed by atoms with van der Waals surface area (Å²) in [5.74, 6) is -1.58. The molecule has 0 unspecified atom stereocenters. The van der Waals surface area contributed by atoms with Crippen molar-refractivity contribution in [2.45, 2.75) is 70.5 Å². The van der Waals surface area contributed by atoms with Gasteiger partial charge in [-0.05, 0) is 84.3 Å². The number of aryl methyl sites for hydroxylation is 2. The molecule has 4 aromatic rings. The Hall–Kier alpha value is -4.08. The van der Waals surface area contributed by atoms with Crippen LogP contribution in [0.3, 0.4) is 0 Å². The van der Waals surface area contributed by atoms with Crippen LogP contribution in [0.2, 0.25) is 0 Å². The van der Waals surface area contributed by atoms with Crippen LogP contribution in [0.1, 0.15) is 56.1 Å². The van der Waals surface area contributed by atoms with Gasteiger partial charge in [-0.15, -0.1) is 26.3 Å². The molecule has 0 radical (unpaired) electrons. The number of halogens is 8. The minimum Gasteiger partial charge on any atom is -0.406 e. The van der Waals surface area contributed by atoms with Gasteiger partial charge in [-0.2, -0.15) is 0 Å². The van der Waals surface area contributed by atoms with Crippen LogP contribution < -0.4 is 9.47 Å². The van der Waals surface area contributed by atoms with Crippen LogP contribution in [-0.4, -0.2) is 12.7 Å². The number of rotatable bonds is 14. The maximum absolute atomic E-state index is 14.7. The largest absolute Gasteiger partial charge is 0.573 e. The molecule has 4 rings (SSSR count). The van der Waals surface area contributed by atoms with Crippen molar-refractivity contribution < 1.29 is 44.6 Å². The van der Waals surface area contributed by atoms with Crippen LogP contribution in [0.15, 0.2) is 84.9 Å². The predicted octanol–water partition coefficient (Wildman–Crippen LogP) is 11.6. The second-order valence-electron chi connectivity index (χ2n) is 10.7. The first-order chi connectivity index (χ1) is 21.4. The van der Waals surface area contributed by atoms with Crippen molar-refractivity contribution in [2.24, 2.45) is 0 Å². The molecule has 0 fully saturated rings. The second-order valence-corrected chi connectivity index (χ2v) is 10.7. The van der Waals surface area contributed by atoms with Gasteiger partial charge in [-0.25, -0.2) is 8.78 Å². The van der Waals surface area contributed by atoms with E-state index in [2.05, 4.69) is 9.47 Å². The zero-order chi connectivity index (χ0) is 32.5. The highest BCUT2D eigenvalue weighted by Gasteiger charge is 2.31. The van der Waals surface area contributed by atoms with Gasteiger partial charge in [0.05, 0.1) is 0 Å². The van der Waals surface area contributed by atoms with E-state index in [-0.39, 0.29) is 11.5 Å². The van der Waals surface area contributed by atoms with Crippen molar-refractivity contribution in [3.63, 3.8) is 0 Å². The summed E-state index contributed by atoms with van der Waals surface area (Å²) in [5.41, 5.74) is 3.26. The average Bonchev–Trinajstić information content (AvgIpc) is 2.96. The summed E-state index contributed by atoms with van der Waals surface area (Å²) in [6.45, 7) is 0. The molecule has 0 aliphatic heterocycles. The van der Waals surface area contributed by atoms with E-state index in [1.165, 1.54) is 36.4 Å². The highest BCUT2D eigenvalue weighted by atomic mass is 19.4. The Labute approximate surface area is 256 Å². The lowest BCUT2D eigenvalue weighted by molar-refractivity contribution is -0.275. The number of hydrogen-bond donors (Lipinski definition) is 0.